The van der Waals surface area contributed by atoms with E-state index < -0.39 is 0 Å². The molecule has 1 spiro atoms. The van der Waals surface area contributed by atoms with Gasteiger partial charge in [0.05, 0.1) is 0 Å². The summed E-state index contributed by atoms with van der Waals surface area (Å²) in [4.78, 5) is 14.1. The number of carbonyl (C=O) groups is 1. The minimum atomic E-state index is 0.145. The fraction of sp³-hybridized carbons (Fsp3) is 0.923. The second kappa shape index (κ2) is 4.74. The van der Waals surface area contributed by atoms with Crippen LogP contribution in [-0.4, -0.2) is 37.0 Å². The van der Waals surface area contributed by atoms with Crippen molar-refractivity contribution in [3.63, 3.8) is 0 Å². The number of amides is 1. The molecule has 2 saturated heterocycles. The Morgan fingerprint density at radius 1 is 1.31 bits per heavy atom. The van der Waals surface area contributed by atoms with Gasteiger partial charge < -0.3 is 10.2 Å². The topological polar surface area (TPSA) is 32.3 Å². The summed E-state index contributed by atoms with van der Waals surface area (Å²) in [7, 11) is 0. The zero-order chi connectivity index (χ0) is 11.6. The molecule has 2 heterocycles. The molecule has 0 aliphatic carbocycles. The standard InChI is InChI=1S/C13H24N2O/c1-11(2)12(16)15-8-4-6-13(10-15)5-3-7-14-9-13/h11,14H,3-10H2,1-2H3/t13-/m0/s1. The average molecular weight is 224 g/mol. The Kier molecular flexibility index (Phi) is 3.53. The van der Waals surface area contributed by atoms with Crippen molar-refractivity contribution in [3.8, 4) is 0 Å². The van der Waals surface area contributed by atoms with Crippen LogP contribution in [0.4, 0.5) is 0 Å². The van der Waals surface area contributed by atoms with E-state index in [1.165, 1.54) is 25.7 Å². The lowest BCUT2D eigenvalue weighted by atomic mass is 9.74. The SMILES string of the molecule is CC(C)C(=O)N1CCC[C@]2(CCCNC2)C1. The van der Waals surface area contributed by atoms with Crippen LogP contribution < -0.4 is 5.32 Å². The summed E-state index contributed by atoms with van der Waals surface area (Å²) in [5, 5.41) is 3.50. The fourth-order valence-corrected chi connectivity index (χ4v) is 3.14. The van der Waals surface area contributed by atoms with Crippen molar-refractivity contribution in [2.45, 2.75) is 39.5 Å². The maximum atomic E-state index is 12.0. The lowest BCUT2D eigenvalue weighted by molar-refractivity contribution is -0.138. The predicted octanol–water partition coefficient (Wildman–Crippen LogP) is 1.63. The van der Waals surface area contributed by atoms with E-state index in [9.17, 15) is 4.79 Å². The Balaban J connectivity index is 2.00. The fourth-order valence-electron chi connectivity index (χ4n) is 3.14. The zero-order valence-corrected chi connectivity index (χ0v) is 10.6. The lowest BCUT2D eigenvalue weighted by Gasteiger charge is -2.45. The van der Waals surface area contributed by atoms with Crippen LogP contribution in [0.5, 0.6) is 0 Å². The number of hydrogen-bond acceptors (Lipinski definition) is 2. The first-order valence-corrected chi connectivity index (χ1v) is 6.62. The van der Waals surface area contributed by atoms with Crippen LogP contribution in [0.25, 0.3) is 0 Å². The van der Waals surface area contributed by atoms with Gasteiger partial charge in [0.15, 0.2) is 0 Å². The molecule has 3 heteroatoms. The molecular formula is C13H24N2O. The normalized spacial score (nSPS) is 31.1. The highest BCUT2D eigenvalue weighted by molar-refractivity contribution is 5.78. The molecule has 92 valence electrons. The first-order chi connectivity index (χ1) is 7.63. The van der Waals surface area contributed by atoms with E-state index in [0.29, 0.717) is 11.3 Å². The summed E-state index contributed by atoms with van der Waals surface area (Å²) in [6.07, 6.45) is 5.04. The van der Waals surface area contributed by atoms with Gasteiger partial charge in [-0.15, -0.1) is 0 Å². The van der Waals surface area contributed by atoms with Crippen molar-refractivity contribution < 1.29 is 4.79 Å². The first kappa shape index (κ1) is 11.9. The van der Waals surface area contributed by atoms with Gasteiger partial charge >= 0.3 is 0 Å². The number of nitrogens with one attached hydrogen (secondary N) is 1. The Morgan fingerprint density at radius 3 is 2.69 bits per heavy atom. The summed E-state index contributed by atoms with van der Waals surface area (Å²) >= 11 is 0. The van der Waals surface area contributed by atoms with Gasteiger partial charge in [-0.1, -0.05) is 13.8 Å². The summed E-state index contributed by atoms with van der Waals surface area (Å²) in [5.41, 5.74) is 0.390. The molecule has 2 fully saturated rings. The lowest BCUT2D eigenvalue weighted by Crippen LogP contribution is -2.53. The van der Waals surface area contributed by atoms with E-state index >= 15 is 0 Å². The van der Waals surface area contributed by atoms with Gasteiger partial charge in [0.2, 0.25) is 5.91 Å². The van der Waals surface area contributed by atoms with E-state index in [4.69, 9.17) is 0 Å². The third-order valence-corrected chi connectivity index (χ3v) is 4.03. The van der Waals surface area contributed by atoms with Crippen LogP contribution in [0.1, 0.15) is 39.5 Å². The van der Waals surface area contributed by atoms with Gasteiger partial charge in [-0.2, -0.15) is 0 Å². The Bertz CT molecular complexity index is 251. The molecule has 1 N–H and O–H groups in total. The minimum Gasteiger partial charge on any atom is -0.342 e. The molecule has 0 aromatic rings. The van der Waals surface area contributed by atoms with Crippen LogP contribution in [-0.2, 0) is 4.79 Å². The minimum absolute atomic E-state index is 0.145. The highest BCUT2D eigenvalue weighted by Crippen LogP contribution is 2.36. The molecule has 0 bridgehead atoms. The molecule has 16 heavy (non-hydrogen) atoms. The monoisotopic (exact) mass is 224 g/mol. The third kappa shape index (κ3) is 2.40. The largest absolute Gasteiger partial charge is 0.342 e. The molecule has 0 aromatic carbocycles. The molecule has 3 nitrogen and oxygen atoms in total. The van der Waals surface area contributed by atoms with Crippen molar-refractivity contribution in [1.29, 1.82) is 0 Å². The third-order valence-electron chi connectivity index (χ3n) is 4.03. The van der Waals surface area contributed by atoms with Gasteiger partial charge in [0, 0.05) is 31.0 Å². The molecule has 2 aliphatic heterocycles. The van der Waals surface area contributed by atoms with Gasteiger partial charge in [0.25, 0.3) is 0 Å². The van der Waals surface area contributed by atoms with E-state index in [-0.39, 0.29) is 5.92 Å². The molecule has 0 radical (unpaired) electrons. The Morgan fingerprint density at radius 2 is 2.06 bits per heavy atom. The number of hydrogen-bond donors (Lipinski definition) is 1. The van der Waals surface area contributed by atoms with E-state index in [1.807, 2.05) is 13.8 Å². The number of carbonyl (C=O) groups excluding carboxylic acids is 1. The van der Waals surface area contributed by atoms with Crippen LogP contribution in [0.3, 0.4) is 0 Å². The molecular weight excluding hydrogens is 200 g/mol. The first-order valence-electron chi connectivity index (χ1n) is 6.62. The molecule has 1 amide bonds. The smallest absolute Gasteiger partial charge is 0.225 e. The van der Waals surface area contributed by atoms with Crippen molar-refractivity contribution >= 4 is 5.91 Å². The molecule has 2 aliphatic rings. The van der Waals surface area contributed by atoms with Crippen molar-refractivity contribution in [1.82, 2.24) is 10.2 Å². The maximum absolute atomic E-state index is 12.0. The van der Waals surface area contributed by atoms with Crippen molar-refractivity contribution in [3.05, 3.63) is 0 Å². The van der Waals surface area contributed by atoms with Crippen LogP contribution in [0.15, 0.2) is 0 Å². The van der Waals surface area contributed by atoms with E-state index in [2.05, 4.69) is 10.2 Å². The average Bonchev–Trinajstić information content (AvgIpc) is 2.29. The zero-order valence-electron chi connectivity index (χ0n) is 10.6. The van der Waals surface area contributed by atoms with Gasteiger partial charge in [-0.3, -0.25) is 4.79 Å². The van der Waals surface area contributed by atoms with Crippen molar-refractivity contribution in [2.75, 3.05) is 26.2 Å². The maximum Gasteiger partial charge on any atom is 0.225 e. The number of nitrogens with zero attached hydrogens (tertiary/aromatic N) is 1. The molecule has 0 saturated carbocycles. The molecule has 2 rings (SSSR count). The number of likely N-dealkylation sites (tertiary alicyclic amines) is 1. The second-order valence-corrected chi connectivity index (χ2v) is 5.80. The van der Waals surface area contributed by atoms with Crippen LogP contribution >= 0.6 is 0 Å². The van der Waals surface area contributed by atoms with Gasteiger partial charge in [-0.05, 0) is 32.2 Å². The molecule has 1 atom stereocenters. The molecule has 0 unspecified atom stereocenters. The Labute approximate surface area is 98.6 Å². The summed E-state index contributed by atoms with van der Waals surface area (Å²) in [6.45, 7) is 8.22. The van der Waals surface area contributed by atoms with Crippen LogP contribution in [0.2, 0.25) is 0 Å². The Hall–Kier alpha value is -0.570. The summed E-state index contributed by atoms with van der Waals surface area (Å²) in [5.74, 6) is 0.483. The quantitative estimate of drug-likeness (QED) is 0.734. The highest BCUT2D eigenvalue weighted by atomic mass is 16.2. The predicted molar refractivity (Wildman–Crippen MR) is 65.2 cm³/mol. The van der Waals surface area contributed by atoms with Crippen LogP contribution in [0, 0.1) is 11.3 Å². The number of rotatable bonds is 1. The second-order valence-electron chi connectivity index (χ2n) is 5.80. The van der Waals surface area contributed by atoms with E-state index in [1.54, 1.807) is 0 Å². The van der Waals surface area contributed by atoms with Gasteiger partial charge in [0.1, 0.15) is 0 Å². The summed E-state index contributed by atoms with van der Waals surface area (Å²) < 4.78 is 0. The van der Waals surface area contributed by atoms with Crippen molar-refractivity contribution in [2.24, 2.45) is 11.3 Å². The van der Waals surface area contributed by atoms with Gasteiger partial charge in [-0.25, -0.2) is 0 Å². The summed E-state index contributed by atoms with van der Waals surface area (Å²) in [6, 6.07) is 0. The molecule has 0 aromatic heterocycles. The highest BCUT2D eigenvalue weighted by Gasteiger charge is 2.38. The van der Waals surface area contributed by atoms with E-state index in [0.717, 1.165) is 26.2 Å². The number of piperidine rings is 2.